The lowest BCUT2D eigenvalue weighted by molar-refractivity contribution is 0.0708. The summed E-state index contributed by atoms with van der Waals surface area (Å²) in [4.78, 5) is 16.9. The first-order valence-electron chi connectivity index (χ1n) is 6.29. The van der Waals surface area contributed by atoms with E-state index in [0.29, 0.717) is 11.5 Å². The molecule has 3 nitrogen and oxygen atoms in total. The summed E-state index contributed by atoms with van der Waals surface area (Å²) < 4.78 is 0. The van der Waals surface area contributed by atoms with Crippen LogP contribution in [0.25, 0.3) is 0 Å². The van der Waals surface area contributed by atoms with E-state index in [0.717, 1.165) is 30.7 Å². The number of amides is 1. The maximum Gasteiger partial charge on any atom is 0.263 e. The van der Waals surface area contributed by atoms with Gasteiger partial charge in [-0.2, -0.15) is 0 Å². The van der Waals surface area contributed by atoms with E-state index in [-0.39, 0.29) is 11.8 Å². The van der Waals surface area contributed by atoms with E-state index in [4.69, 9.17) is 18.0 Å². The average molecular weight is 282 g/mol. The van der Waals surface area contributed by atoms with Gasteiger partial charge in [-0.1, -0.05) is 19.1 Å². The van der Waals surface area contributed by atoms with Gasteiger partial charge in [-0.3, -0.25) is 4.79 Å². The van der Waals surface area contributed by atoms with E-state index in [1.54, 1.807) is 11.3 Å². The van der Waals surface area contributed by atoms with Gasteiger partial charge in [-0.05, 0) is 31.4 Å². The molecule has 1 atom stereocenters. The molecule has 1 aliphatic heterocycles. The van der Waals surface area contributed by atoms with E-state index in [2.05, 4.69) is 6.92 Å². The predicted octanol–water partition coefficient (Wildman–Crippen LogP) is 2.45. The third kappa shape index (κ3) is 2.90. The number of hydrogen-bond donors (Lipinski definition) is 1. The van der Waals surface area contributed by atoms with Gasteiger partial charge in [0.05, 0.1) is 9.87 Å². The maximum absolute atomic E-state index is 12.3. The van der Waals surface area contributed by atoms with Gasteiger partial charge in [0.15, 0.2) is 0 Å². The predicted molar refractivity (Wildman–Crippen MR) is 79.1 cm³/mol. The van der Waals surface area contributed by atoms with Crippen LogP contribution in [0.15, 0.2) is 12.1 Å². The number of thiophene rings is 1. The smallest absolute Gasteiger partial charge is 0.263 e. The van der Waals surface area contributed by atoms with Crippen LogP contribution in [0.3, 0.4) is 0 Å². The SMILES string of the molecule is CCc1ccc(C(=O)N2CCCC(C(N)=S)C2)s1. The standard InChI is InChI=1S/C13H18N2OS2/c1-2-10-5-6-11(18-10)13(16)15-7-3-4-9(8-15)12(14)17/h5-6,9H,2-4,7-8H2,1H3,(H2,14,17). The summed E-state index contributed by atoms with van der Waals surface area (Å²) in [6.07, 6.45) is 2.97. The number of carbonyl (C=O) groups excluding carboxylic acids is 1. The molecule has 1 unspecified atom stereocenters. The molecule has 1 aliphatic rings. The number of carbonyl (C=O) groups is 1. The first kappa shape index (κ1) is 13.5. The number of nitrogens with two attached hydrogens (primary N) is 1. The van der Waals surface area contributed by atoms with Gasteiger partial charge in [0.1, 0.15) is 0 Å². The topological polar surface area (TPSA) is 46.3 Å². The molecule has 5 heteroatoms. The fourth-order valence-corrected chi connectivity index (χ4v) is 3.34. The Kier molecular flexibility index (Phi) is 4.35. The monoisotopic (exact) mass is 282 g/mol. The average Bonchev–Trinajstić information content (AvgIpc) is 2.86. The number of aryl methyl sites for hydroxylation is 1. The van der Waals surface area contributed by atoms with Crippen molar-refractivity contribution in [1.29, 1.82) is 0 Å². The van der Waals surface area contributed by atoms with Crippen molar-refractivity contribution in [3.63, 3.8) is 0 Å². The molecule has 1 fully saturated rings. The second-order valence-corrected chi connectivity index (χ2v) is 6.25. The third-order valence-corrected chi connectivity index (χ3v) is 4.88. The largest absolute Gasteiger partial charge is 0.393 e. The number of piperidine rings is 1. The highest BCUT2D eigenvalue weighted by Gasteiger charge is 2.26. The summed E-state index contributed by atoms with van der Waals surface area (Å²) in [7, 11) is 0. The van der Waals surface area contributed by atoms with Crippen molar-refractivity contribution in [2.24, 2.45) is 11.7 Å². The minimum absolute atomic E-state index is 0.126. The van der Waals surface area contributed by atoms with Crippen molar-refractivity contribution in [2.45, 2.75) is 26.2 Å². The number of nitrogens with zero attached hydrogens (tertiary/aromatic N) is 1. The Bertz CT molecular complexity index is 456. The van der Waals surface area contributed by atoms with Crippen LogP contribution in [0.1, 0.15) is 34.3 Å². The second kappa shape index (κ2) is 5.80. The van der Waals surface area contributed by atoms with E-state index in [1.807, 2.05) is 17.0 Å². The molecule has 0 spiro atoms. The highest BCUT2D eigenvalue weighted by Crippen LogP contribution is 2.23. The molecule has 1 amide bonds. The van der Waals surface area contributed by atoms with Gasteiger partial charge < -0.3 is 10.6 Å². The Balaban J connectivity index is 2.06. The van der Waals surface area contributed by atoms with Crippen molar-refractivity contribution in [1.82, 2.24) is 4.90 Å². The molecule has 0 bridgehead atoms. The molecule has 0 aliphatic carbocycles. The van der Waals surface area contributed by atoms with E-state index in [1.165, 1.54) is 4.88 Å². The van der Waals surface area contributed by atoms with Crippen LogP contribution >= 0.6 is 23.6 Å². The van der Waals surface area contributed by atoms with Crippen LogP contribution in [-0.2, 0) is 6.42 Å². The van der Waals surface area contributed by atoms with Crippen molar-refractivity contribution in [3.8, 4) is 0 Å². The molecule has 2 rings (SSSR count). The number of likely N-dealkylation sites (tertiary alicyclic amines) is 1. The van der Waals surface area contributed by atoms with Crippen molar-refractivity contribution in [3.05, 3.63) is 21.9 Å². The summed E-state index contributed by atoms with van der Waals surface area (Å²) in [5.74, 6) is 0.309. The number of rotatable bonds is 3. The van der Waals surface area contributed by atoms with Gasteiger partial charge in [0.25, 0.3) is 5.91 Å². The summed E-state index contributed by atoms with van der Waals surface area (Å²) in [5, 5.41) is 0. The molecular weight excluding hydrogens is 264 g/mol. The Labute approximate surface area is 117 Å². The van der Waals surface area contributed by atoms with Gasteiger partial charge >= 0.3 is 0 Å². The van der Waals surface area contributed by atoms with Crippen molar-refractivity contribution >= 4 is 34.5 Å². The van der Waals surface area contributed by atoms with Gasteiger partial charge in [-0.25, -0.2) is 0 Å². The second-order valence-electron chi connectivity index (χ2n) is 4.61. The molecule has 0 saturated carbocycles. The summed E-state index contributed by atoms with van der Waals surface area (Å²) in [6, 6.07) is 3.96. The third-order valence-electron chi connectivity index (χ3n) is 3.33. The minimum Gasteiger partial charge on any atom is -0.393 e. The molecule has 1 aromatic rings. The first-order chi connectivity index (χ1) is 8.61. The van der Waals surface area contributed by atoms with E-state index in [9.17, 15) is 4.79 Å². The molecular formula is C13H18N2OS2. The fraction of sp³-hybridized carbons (Fsp3) is 0.538. The quantitative estimate of drug-likeness (QED) is 0.866. The van der Waals surface area contributed by atoms with Gasteiger partial charge in [0.2, 0.25) is 0 Å². The number of hydrogen-bond acceptors (Lipinski definition) is 3. The molecule has 1 aromatic heterocycles. The maximum atomic E-state index is 12.3. The van der Waals surface area contributed by atoms with Crippen LogP contribution in [0, 0.1) is 5.92 Å². The highest BCUT2D eigenvalue weighted by atomic mass is 32.1. The Morgan fingerprint density at radius 3 is 3.00 bits per heavy atom. The summed E-state index contributed by atoms with van der Waals surface area (Å²) in [6.45, 7) is 3.59. The zero-order chi connectivity index (χ0) is 13.1. The first-order valence-corrected chi connectivity index (χ1v) is 7.51. The van der Waals surface area contributed by atoms with Crippen LogP contribution in [0.5, 0.6) is 0 Å². The lowest BCUT2D eigenvalue weighted by Gasteiger charge is -2.31. The van der Waals surface area contributed by atoms with Crippen LogP contribution in [-0.4, -0.2) is 28.9 Å². The molecule has 1 saturated heterocycles. The highest BCUT2D eigenvalue weighted by molar-refractivity contribution is 7.80. The summed E-state index contributed by atoms with van der Waals surface area (Å²) in [5.41, 5.74) is 5.69. The van der Waals surface area contributed by atoms with Crippen LogP contribution in [0.4, 0.5) is 0 Å². The minimum atomic E-state index is 0.126. The van der Waals surface area contributed by atoms with Crippen LogP contribution in [0.2, 0.25) is 0 Å². The number of thiocarbonyl (C=S) groups is 1. The molecule has 98 valence electrons. The van der Waals surface area contributed by atoms with Crippen molar-refractivity contribution < 1.29 is 4.79 Å². The Morgan fingerprint density at radius 1 is 1.61 bits per heavy atom. The molecule has 0 aromatic carbocycles. The van der Waals surface area contributed by atoms with E-state index < -0.39 is 0 Å². The molecule has 2 N–H and O–H groups in total. The van der Waals surface area contributed by atoms with E-state index >= 15 is 0 Å². The lowest BCUT2D eigenvalue weighted by Crippen LogP contribution is -2.43. The Morgan fingerprint density at radius 2 is 2.39 bits per heavy atom. The Hall–Kier alpha value is -0.940. The molecule has 0 radical (unpaired) electrons. The fourth-order valence-electron chi connectivity index (χ4n) is 2.23. The van der Waals surface area contributed by atoms with Gasteiger partial charge in [0, 0.05) is 23.9 Å². The van der Waals surface area contributed by atoms with Crippen LogP contribution < -0.4 is 5.73 Å². The zero-order valence-corrected chi connectivity index (χ0v) is 12.1. The zero-order valence-electron chi connectivity index (χ0n) is 10.5. The molecule has 18 heavy (non-hydrogen) atoms. The normalized spacial score (nSPS) is 19.8. The summed E-state index contributed by atoms with van der Waals surface area (Å²) >= 11 is 6.63. The van der Waals surface area contributed by atoms with Gasteiger partial charge in [-0.15, -0.1) is 11.3 Å². The molecule has 2 heterocycles. The lowest BCUT2D eigenvalue weighted by atomic mass is 9.98. The van der Waals surface area contributed by atoms with Crippen molar-refractivity contribution in [2.75, 3.05) is 13.1 Å².